The molecular formula is C23H29NO6S. The molecule has 1 atom stereocenters. The minimum Gasteiger partial charge on any atom is -0.493 e. The zero-order valence-corrected chi connectivity index (χ0v) is 19.1. The Kier molecular flexibility index (Phi) is 7.10. The van der Waals surface area contributed by atoms with E-state index >= 15 is 0 Å². The Morgan fingerprint density at radius 1 is 1.06 bits per heavy atom. The van der Waals surface area contributed by atoms with Crippen LogP contribution in [0.5, 0.6) is 17.2 Å². The number of hydrogen-bond donors (Lipinski definition) is 0. The molecule has 2 aromatic carbocycles. The van der Waals surface area contributed by atoms with E-state index in [2.05, 4.69) is 0 Å². The fraction of sp³-hybridized carbons (Fsp3) is 0.435. The van der Waals surface area contributed by atoms with Crippen molar-refractivity contribution in [2.24, 2.45) is 0 Å². The minimum atomic E-state index is -3.15. The summed E-state index contributed by atoms with van der Waals surface area (Å²) in [4.78, 5) is 15.0. The van der Waals surface area contributed by atoms with Crippen molar-refractivity contribution in [3.8, 4) is 17.2 Å². The van der Waals surface area contributed by atoms with Crippen molar-refractivity contribution in [1.29, 1.82) is 0 Å². The van der Waals surface area contributed by atoms with Crippen LogP contribution < -0.4 is 14.2 Å². The van der Waals surface area contributed by atoms with E-state index in [1.54, 1.807) is 49.5 Å². The molecule has 0 aliphatic carbocycles. The molecule has 0 saturated carbocycles. The molecule has 3 rings (SSSR count). The van der Waals surface area contributed by atoms with Crippen molar-refractivity contribution in [3.05, 3.63) is 53.6 Å². The maximum Gasteiger partial charge on any atom is 0.254 e. The molecule has 1 fully saturated rings. The summed E-state index contributed by atoms with van der Waals surface area (Å²) in [5.41, 5.74) is 1.32. The van der Waals surface area contributed by atoms with Crippen LogP contribution in [-0.2, 0) is 16.4 Å². The van der Waals surface area contributed by atoms with E-state index in [4.69, 9.17) is 14.2 Å². The molecule has 168 valence electrons. The Bertz CT molecular complexity index is 1020. The fourth-order valence-corrected chi connectivity index (χ4v) is 5.41. The lowest BCUT2D eigenvalue weighted by Gasteiger charge is -2.29. The lowest BCUT2D eigenvalue weighted by molar-refractivity contribution is 0.0680. The summed E-state index contributed by atoms with van der Waals surface area (Å²) in [7, 11) is -0.0413. The van der Waals surface area contributed by atoms with Gasteiger partial charge in [-0.25, -0.2) is 8.42 Å². The van der Waals surface area contributed by atoms with Gasteiger partial charge in [0, 0.05) is 18.2 Å². The first kappa shape index (κ1) is 22.9. The maximum absolute atomic E-state index is 13.4. The number of amides is 1. The van der Waals surface area contributed by atoms with Gasteiger partial charge in [0.05, 0.1) is 31.8 Å². The molecule has 0 N–H and O–H groups in total. The third kappa shape index (κ3) is 5.70. The number of carbonyl (C=O) groups is 1. The van der Waals surface area contributed by atoms with Gasteiger partial charge in [0.25, 0.3) is 5.91 Å². The number of sulfone groups is 1. The van der Waals surface area contributed by atoms with Crippen LogP contribution in [0.4, 0.5) is 0 Å². The van der Waals surface area contributed by atoms with E-state index in [1.165, 1.54) is 0 Å². The highest BCUT2D eigenvalue weighted by Crippen LogP contribution is 2.30. The topological polar surface area (TPSA) is 82.1 Å². The number of methoxy groups -OCH3 is 2. The van der Waals surface area contributed by atoms with Crippen molar-refractivity contribution < 1.29 is 27.4 Å². The van der Waals surface area contributed by atoms with Crippen LogP contribution >= 0.6 is 0 Å². The van der Waals surface area contributed by atoms with E-state index < -0.39 is 9.84 Å². The van der Waals surface area contributed by atoms with Gasteiger partial charge in [0.2, 0.25) is 0 Å². The van der Waals surface area contributed by atoms with E-state index in [1.807, 2.05) is 26.0 Å². The Labute approximate surface area is 183 Å². The highest BCUT2D eigenvalue weighted by molar-refractivity contribution is 7.91. The predicted molar refractivity (Wildman–Crippen MR) is 119 cm³/mol. The van der Waals surface area contributed by atoms with Gasteiger partial charge >= 0.3 is 0 Å². The number of hydrogen-bond acceptors (Lipinski definition) is 6. The van der Waals surface area contributed by atoms with Gasteiger partial charge in [0.15, 0.2) is 21.3 Å². The Morgan fingerprint density at radius 2 is 1.74 bits per heavy atom. The molecule has 1 amide bonds. The first-order valence-corrected chi connectivity index (χ1v) is 12.0. The summed E-state index contributed by atoms with van der Waals surface area (Å²) in [6.07, 6.45) is 0.461. The fourth-order valence-electron chi connectivity index (χ4n) is 3.68. The largest absolute Gasteiger partial charge is 0.493 e. The number of rotatable bonds is 8. The standard InChI is InChI=1S/C23H29NO6S/c1-16(2)30-20-8-6-18(7-9-20)23(25)24(19-11-12-31(26,27)15-19)14-17-5-10-21(28-3)22(13-17)29-4/h5-10,13,16,19H,11-12,14-15H2,1-4H3/t19-/m0/s1. The molecule has 1 aliphatic heterocycles. The van der Waals surface area contributed by atoms with Crippen LogP contribution in [0.3, 0.4) is 0 Å². The molecule has 0 radical (unpaired) electrons. The molecule has 1 heterocycles. The summed E-state index contributed by atoms with van der Waals surface area (Å²) < 4.78 is 40.5. The van der Waals surface area contributed by atoms with Gasteiger partial charge in [-0.15, -0.1) is 0 Å². The number of nitrogens with zero attached hydrogens (tertiary/aromatic N) is 1. The average molecular weight is 448 g/mol. The SMILES string of the molecule is COc1ccc(CN(C(=O)c2ccc(OC(C)C)cc2)[C@H]2CCS(=O)(=O)C2)cc1OC. The number of carbonyl (C=O) groups excluding carboxylic acids is 1. The van der Waals surface area contributed by atoms with Crippen LogP contribution in [0.2, 0.25) is 0 Å². The number of benzene rings is 2. The molecule has 1 aliphatic rings. The van der Waals surface area contributed by atoms with E-state index in [-0.39, 0.29) is 36.1 Å². The Balaban J connectivity index is 1.89. The third-order valence-corrected chi connectivity index (χ3v) is 6.93. The summed E-state index contributed by atoms with van der Waals surface area (Å²) in [6.45, 7) is 4.14. The van der Waals surface area contributed by atoms with E-state index in [9.17, 15) is 13.2 Å². The van der Waals surface area contributed by atoms with Gasteiger partial charge in [-0.3, -0.25) is 4.79 Å². The summed E-state index contributed by atoms with van der Waals surface area (Å²) >= 11 is 0. The minimum absolute atomic E-state index is 0.0272. The molecule has 7 nitrogen and oxygen atoms in total. The molecule has 1 saturated heterocycles. The van der Waals surface area contributed by atoms with Gasteiger partial charge in [-0.2, -0.15) is 0 Å². The Hall–Kier alpha value is -2.74. The second-order valence-electron chi connectivity index (χ2n) is 7.87. The quantitative estimate of drug-likeness (QED) is 0.617. The molecule has 0 unspecified atom stereocenters. The predicted octanol–water partition coefficient (Wildman–Crippen LogP) is 3.32. The third-order valence-electron chi connectivity index (χ3n) is 5.18. The van der Waals surface area contributed by atoms with Crippen molar-refractivity contribution in [2.45, 2.75) is 39.0 Å². The molecule has 0 bridgehead atoms. The van der Waals surface area contributed by atoms with Crippen LogP contribution in [-0.4, -0.2) is 57.1 Å². The van der Waals surface area contributed by atoms with E-state index in [0.29, 0.717) is 29.2 Å². The molecule has 0 aromatic heterocycles. The first-order chi connectivity index (χ1) is 14.7. The first-order valence-electron chi connectivity index (χ1n) is 10.2. The highest BCUT2D eigenvalue weighted by atomic mass is 32.2. The average Bonchev–Trinajstić information content (AvgIpc) is 3.10. The van der Waals surface area contributed by atoms with Crippen LogP contribution in [0, 0.1) is 0 Å². The van der Waals surface area contributed by atoms with Crippen molar-refractivity contribution in [2.75, 3.05) is 25.7 Å². The van der Waals surface area contributed by atoms with Crippen molar-refractivity contribution >= 4 is 15.7 Å². The highest BCUT2D eigenvalue weighted by Gasteiger charge is 2.35. The normalized spacial score (nSPS) is 17.4. The van der Waals surface area contributed by atoms with Crippen molar-refractivity contribution in [1.82, 2.24) is 4.90 Å². The zero-order chi connectivity index (χ0) is 22.6. The van der Waals surface area contributed by atoms with Crippen molar-refractivity contribution in [3.63, 3.8) is 0 Å². The summed E-state index contributed by atoms with van der Waals surface area (Å²) in [6, 6.07) is 12.0. The van der Waals surface area contributed by atoms with Gasteiger partial charge in [0.1, 0.15) is 5.75 Å². The second kappa shape index (κ2) is 9.60. The van der Waals surface area contributed by atoms with Gasteiger partial charge < -0.3 is 19.1 Å². The molecular weight excluding hydrogens is 418 g/mol. The molecule has 31 heavy (non-hydrogen) atoms. The molecule has 0 spiro atoms. The number of ether oxygens (including phenoxy) is 3. The lowest BCUT2D eigenvalue weighted by Crippen LogP contribution is -2.40. The monoisotopic (exact) mass is 447 g/mol. The smallest absolute Gasteiger partial charge is 0.254 e. The summed E-state index contributed by atoms with van der Waals surface area (Å²) in [5.74, 6) is 1.68. The lowest BCUT2D eigenvalue weighted by atomic mass is 10.1. The van der Waals surface area contributed by atoms with Crippen LogP contribution in [0.15, 0.2) is 42.5 Å². The van der Waals surface area contributed by atoms with Gasteiger partial charge in [-0.05, 0) is 62.2 Å². The molecule has 8 heteroatoms. The Morgan fingerprint density at radius 3 is 2.29 bits per heavy atom. The maximum atomic E-state index is 13.4. The van der Waals surface area contributed by atoms with Crippen LogP contribution in [0.25, 0.3) is 0 Å². The zero-order valence-electron chi connectivity index (χ0n) is 18.3. The van der Waals surface area contributed by atoms with Gasteiger partial charge in [-0.1, -0.05) is 6.07 Å². The summed E-state index contributed by atoms with van der Waals surface area (Å²) in [5, 5.41) is 0. The molecule has 2 aromatic rings. The second-order valence-corrected chi connectivity index (χ2v) is 10.1. The van der Waals surface area contributed by atoms with E-state index in [0.717, 1.165) is 5.56 Å². The van der Waals surface area contributed by atoms with Crippen LogP contribution in [0.1, 0.15) is 36.2 Å².